The molecule has 0 saturated carbocycles. The Morgan fingerprint density at radius 1 is 1.02 bits per heavy atom. The van der Waals surface area contributed by atoms with Crippen molar-refractivity contribution in [1.82, 2.24) is 9.80 Å². The van der Waals surface area contributed by atoms with Crippen LogP contribution in [0.25, 0.3) is 0 Å². The molecule has 2 aliphatic heterocycles. The number of hydrogen-bond acceptors (Lipinski definition) is 9. The summed E-state index contributed by atoms with van der Waals surface area (Å²) in [7, 11) is 0.199. The molecule has 16 heteroatoms. The maximum Gasteiger partial charge on any atom is 0.573 e. The number of nitrogens with zero attached hydrogens (tertiary/aromatic N) is 4. The molecule has 0 aliphatic carbocycles. The SMILES string of the molecule is COc1ccc(S(=O)(=O)N2C(=O)C(c3cc(CC#N)ccc3OC)(N3CCCC[C@H]3C(=O)N(C)C)c3cc(F)ccc32)c(OC(F)(F)F)c1. The average molecular weight is 705 g/mol. The Hall–Kier alpha value is -4.88. The van der Waals surface area contributed by atoms with E-state index in [0.29, 0.717) is 28.8 Å². The van der Waals surface area contributed by atoms with Crippen LogP contribution >= 0.6 is 0 Å². The molecule has 11 nitrogen and oxygen atoms in total. The van der Waals surface area contributed by atoms with Gasteiger partial charge in [0.2, 0.25) is 5.91 Å². The number of anilines is 1. The van der Waals surface area contributed by atoms with Crippen molar-refractivity contribution in [3.05, 3.63) is 77.1 Å². The van der Waals surface area contributed by atoms with Gasteiger partial charge in [0.1, 0.15) is 22.2 Å². The second-order valence-electron chi connectivity index (χ2n) is 11.6. The Morgan fingerprint density at radius 2 is 1.76 bits per heavy atom. The second-order valence-corrected chi connectivity index (χ2v) is 13.4. The number of methoxy groups -OCH3 is 2. The van der Waals surface area contributed by atoms with E-state index in [2.05, 4.69) is 4.74 Å². The van der Waals surface area contributed by atoms with Gasteiger partial charge in [0.25, 0.3) is 15.9 Å². The van der Waals surface area contributed by atoms with E-state index in [1.54, 1.807) is 6.07 Å². The molecule has 0 spiro atoms. The number of likely N-dealkylation sites (tertiary alicyclic amines) is 1. The first-order valence-electron chi connectivity index (χ1n) is 15.0. The van der Waals surface area contributed by atoms with E-state index < -0.39 is 56.2 Å². The summed E-state index contributed by atoms with van der Waals surface area (Å²) in [6.45, 7) is 0.0520. The highest BCUT2D eigenvalue weighted by molar-refractivity contribution is 7.93. The Labute approximate surface area is 280 Å². The van der Waals surface area contributed by atoms with Crippen LogP contribution in [-0.4, -0.2) is 77.3 Å². The van der Waals surface area contributed by atoms with Gasteiger partial charge in [-0.25, -0.2) is 17.1 Å². The molecule has 5 rings (SSSR count). The van der Waals surface area contributed by atoms with E-state index in [1.807, 2.05) is 6.07 Å². The Bertz CT molecular complexity index is 1950. The molecule has 49 heavy (non-hydrogen) atoms. The Kier molecular flexibility index (Phi) is 9.55. The molecule has 1 saturated heterocycles. The topological polar surface area (TPSA) is 129 Å². The molecule has 0 bridgehead atoms. The van der Waals surface area contributed by atoms with E-state index in [9.17, 15) is 31.6 Å². The van der Waals surface area contributed by atoms with E-state index in [4.69, 9.17) is 9.47 Å². The van der Waals surface area contributed by atoms with Gasteiger partial charge in [-0.05, 0) is 60.9 Å². The quantitative estimate of drug-likeness (QED) is 0.291. The van der Waals surface area contributed by atoms with E-state index in [1.165, 1.54) is 43.1 Å². The predicted molar refractivity (Wildman–Crippen MR) is 167 cm³/mol. The smallest absolute Gasteiger partial charge is 0.497 e. The largest absolute Gasteiger partial charge is 0.573 e. The van der Waals surface area contributed by atoms with Crippen molar-refractivity contribution in [3.8, 4) is 23.3 Å². The van der Waals surface area contributed by atoms with Gasteiger partial charge in [-0.15, -0.1) is 13.2 Å². The summed E-state index contributed by atoms with van der Waals surface area (Å²) in [6.07, 6.45) is -4.21. The fourth-order valence-electron chi connectivity index (χ4n) is 6.54. The minimum absolute atomic E-state index is 0.0113. The van der Waals surface area contributed by atoms with Gasteiger partial charge in [0.05, 0.1) is 38.4 Å². The molecule has 2 amide bonds. The molecule has 2 aliphatic rings. The van der Waals surface area contributed by atoms with Crippen LogP contribution in [0.15, 0.2) is 59.5 Å². The number of amides is 2. The number of nitriles is 1. The summed E-state index contributed by atoms with van der Waals surface area (Å²) >= 11 is 0. The highest BCUT2D eigenvalue weighted by Crippen LogP contribution is 2.55. The fourth-order valence-corrected chi connectivity index (χ4v) is 8.10. The standard InChI is InChI=1S/C33H32F4N4O7S/c1-39(2)30(42)26-7-5-6-16-40(26)32(24-17-20(14-15-38)8-12-27(24)47-4)23-18-21(34)9-11-25(23)41(31(32)43)49(44,45)29-13-10-22(46-3)19-28(29)48-33(35,36)37/h8-13,17-19,26H,5-7,14,16H2,1-4H3/t26-,32?/m0/s1. The van der Waals surface area contributed by atoms with Crippen LogP contribution < -0.4 is 18.5 Å². The number of sulfonamides is 1. The third kappa shape index (κ3) is 6.12. The maximum absolute atomic E-state index is 15.4. The molecule has 2 heterocycles. The molecular formula is C33H32F4N4O7S. The summed E-state index contributed by atoms with van der Waals surface area (Å²) < 4.78 is 100. The minimum atomic E-state index is -5.33. The van der Waals surface area contributed by atoms with Crippen LogP contribution in [0.5, 0.6) is 17.2 Å². The molecule has 1 unspecified atom stereocenters. The zero-order valence-corrected chi connectivity index (χ0v) is 27.7. The number of benzene rings is 3. The van der Waals surface area contributed by atoms with Gasteiger partial charge in [-0.2, -0.15) is 5.26 Å². The third-order valence-corrected chi connectivity index (χ3v) is 10.3. The van der Waals surface area contributed by atoms with Crippen LogP contribution in [0, 0.1) is 17.1 Å². The molecule has 3 aromatic rings. The summed E-state index contributed by atoms with van der Waals surface area (Å²) in [5.74, 6) is -3.80. The van der Waals surface area contributed by atoms with Crippen molar-refractivity contribution in [2.24, 2.45) is 0 Å². The fraction of sp³-hybridized carbons (Fsp3) is 0.364. The van der Waals surface area contributed by atoms with Crippen molar-refractivity contribution >= 4 is 27.5 Å². The van der Waals surface area contributed by atoms with Crippen molar-refractivity contribution < 1.29 is 49.8 Å². The zero-order chi connectivity index (χ0) is 35.9. The van der Waals surface area contributed by atoms with Gasteiger partial charge in [-0.3, -0.25) is 14.5 Å². The number of ether oxygens (including phenoxy) is 3. The number of likely N-dealkylation sites (N-methyl/N-ethyl adjacent to an activating group) is 1. The van der Waals surface area contributed by atoms with Crippen LogP contribution in [-0.2, 0) is 31.6 Å². The predicted octanol–water partition coefficient (Wildman–Crippen LogP) is 4.73. The van der Waals surface area contributed by atoms with Gasteiger partial charge in [0.15, 0.2) is 11.3 Å². The van der Waals surface area contributed by atoms with Gasteiger partial charge in [0, 0.05) is 37.8 Å². The van der Waals surface area contributed by atoms with Crippen molar-refractivity contribution in [2.75, 3.05) is 39.2 Å². The van der Waals surface area contributed by atoms with Crippen molar-refractivity contribution in [2.45, 2.75) is 48.5 Å². The molecule has 0 radical (unpaired) electrons. The van der Waals surface area contributed by atoms with E-state index in [-0.39, 0.29) is 47.7 Å². The first-order chi connectivity index (χ1) is 23.1. The number of carbonyl (C=O) groups excluding carboxylic acids is 2. The highest BCUT2D eigenvalue weighted by Gasteiger charge is 2.63. The first kappa shape index (κ1) is 35.4. The normalized spacial score (nSPS) is 19.6. The number of fused-ring (bicyclic) bond motifs is 1. The monoisotopic (exact) mass is 704 g/mol. The number of halogens is 4. The van der Waals surface area contributed by atoms with Crippen LogP contribution in [0.2, 0.25) is 0 Å². The molecule has 3 aromatic carbocycles. The first-order valence-corrected chi connectivity index (χ1v) is 16.4. The number of alkyl halides is 3. The summed E-state index contributed by atoms with van der Waals surface area (Å²) in [6, 6.07) is 11.0. The van der Waals surface area contributed by atoms with Crippen LogP contribution in [0.1, 0.15) is 36.0 Å². The van der Waals surface area contributed by atoms with Crippen molar-refractivity contribution in [1.29, 1.82) is 5.26 Å². The average Bonchev–Trinajstić information content (AvgIpc) is 3.31. The lowest BCUT2D eigenvalue weighted by molar-refractivity contribution is -0.275. The van der Waals surface area contributed by atoms with Gasteiger partial charge < -0.3 is 19.1 Å². The summed E-state index contributed by atoms with van der Waals surface area (Å²) in [5.41, 5.74) is -2.44. The Balaban J connectivity index is 1.89. The van der Waals surface area contributed by atoms with Crippen LogP contribution in [0.4, 0.5) is 23.2 Å². The molecule has 1 fully saturated rings. The summed E-state index contributed by atoms with van der Waals surface area (Å²) in [5, 5.41) is 9.51. The third-order valence-electron chi connectivity index (χ3n) is 8.55. The molecule has 260 valence electrons. The zero-order valence-electron chi connectivity index (χ0n) is 26.9. The summed E-state index contributed by atoms with van der Waals surface area (Å²) in [4.78, 5) is 30.9. The van der Waals surface area contributed by atoms with E-state index in [0.717, 1.165) is 37.4 Å². The highest BCUT2D eigenvalue weighted by atomic mass is 32.2. The van der Waals surface area contributed by atoms with Crippen molar-refractivity contribution in [3.63, 3.8) is 0 Å². The van der Waals surface area contributed by atoms with Gasteiger partial charge >= 0.3 is 6.36 Å². The molecule has 0 N–H and O–H groups in total. The van der Waals surface area contributed by atoms with E-state index >= 15 is 9.18 Å². The lowest BCUT2D eigenvalue weighted by atomic mass is 9.78. The lowest BCUT2D eigenvalue weighted by Crippen LogP contribution is -2.62. The molecule has 0 aromatic heterocycles. The number of hydrogen-bond donors (Lipinski definition) is 0. The maximum atomic E-state index is 15.4. The second kappa shape index (κ2) is 13.2. The van der Waals surface area contributed by atoms with Gasteiger partial charge in [-0.1, -0.05) is 12.5 Å². The Morgan fingerprint density at radius 3 is 2.39 bits per heavy atom. The lowest BCUT2D eigenvalue weighted by Gasteiger charge is -2.47. The number of rotatable bonds is 9. The van der Waals surface area contributed by atoms with Crippen LogP contribution in [0.3, 0.4) is 0 Å². The minimum Gasteiger partial charge on any atom is -0.497 e. The molecular weight excluding hydrogens is 672 g/mol. The number of piperidine rings is 1. The number of carbonyl (C=O) groups is 2. The molecule has 2 atom stereocenters.